The standard InChI is InChI=1S/C14H23N3O/c1-10-3-2-4-11(9-10)12-16-13(18)14(17-12)5-7-15-8-6-14/h10-11,15H,2-9H2,1H3,(H,16,17,18). The van der Waals surface area contributed by atoms with E-state index in [1.807, 2.05) is 0 Å². The maximum atomic E-state index is 12.2. The van der Waals surface area contributed by atoms with Crippen molar-refractivity contribution in [3.8, 4) is 0 Å². The van der Waals surface area contributed by atoms with Gasteiger partial charge < -0.3 is 10.6 Å². The number of amides is 1. The third kappa shape index (κ3) is 2.07. The van der Waals surface area contributed by atoms with Crippen molar-refractivity contribution in [2.24, 2.45) is 16.8 Å². The monoisotopic (exact) mass is 249 g/mol. The predicted molar refractivity (Wildman–Crippen MR) is 71.5 cm³/mol. The molecule has 1 spiro atoms. The fourth-order valence-corrected chi connectivity index (χ4v) is 3.60. The highest BCUT2D eigenvalue weighted by molar-refractivity contribution is 6.09. The lowest BCUT2D eigenvalue weighted by atomic mass is 9.82. The Morgan fingerprint density at radius 3 is 2.78 bits per heavy atom. The van der Waals surface area contributed by atoms with E-state index in [0.717, 1.165) is 37.7 Å². The summed E-state index contributed by atoms with van der Waals surface area (Å²) in [6.45, 7) is 4.13. The molecule has 1 saturated heterocycles. The average molecular weight is 249 g/mol. The molecule has 2 unspecified atom stereocenters. The normalized spacial score (nSPS) is 35.4. The summed E-state index contributed by atoms with van der Waals surface area (Å²) < 4.78 is 0. The zero-order chi connectivity index (χ0) is 12.6. The van der Waals surface area contributed by atoms with Gasteiger partial charge in [0.05, 0.1) is 0 Å². The second kappa shape index (κ2) is 4.65. The lowest BCUT2D eigenvalue weighted by molar-refractivity contribution is -0.124. The van der Waals surface area contributed by atoms with Crippen molar-refractivity contribution in [1.29, 1.82) is 0 Å². The van der Waals surface area contributed by atoms with Gasteiger partial charge in [0.15, 0.2) is 0 Å². The van der Waals surface area contributed by atoms with E-state index < -0.39 is 5.54 Å². The summed E-state index contributed by atoms with van der Waals surface area (Å²) in [5.74, 6) is 2.41. The highest BCUT2D eigenvalue weighted by Gasteiger charge is 2.45. The number of hydrogen-bond acceptors (Lipinski definition) is 3. The molecule has 0 aromatic carbocycles. The summed E-state index contributed by atoms with van der Waals surface area (Å²) in [5.41, 5.74) is -0.429. The van der Waals surface area contributed by atoms with Crippen LogP contribution >= 0.6 is 0 Å². The summed E-state index contributed by atoms with van der Waals surface area (Å²) in [6, 6.07) is 0. The number of carbonyl (C=O) groups excluding carboxylic acids is 1. The van der Waals surface area contributed by atoms with Crippen LogP contribution in [0.4, 0.5) is 0 Å². The van der Waals surface area contributed by atoms with Crippen molar-refractivity contribution < 1.29 is 4.79 Å². The molecule has 3 rings (SSSR count). The molecule has 18 heavy (non-hydrogen) atoms. The largest absolute Gasteiger partial charge is 0.317 e. The number of rotatable bonds is 1. The first kappa shape index (κ1) is 12.2. The fourth-order valence-electron chi connectivity index (χ4n) is 3.60. The Balaban J connectivity index is 1.77. The summed E-state index contributed by atoms with van der Waals surface area (Å²) >= 11 is 0. The van der Waals surface area contributed by atoms with Gasteiger partial charge in [-0.15, -0.1) is 0 Å². The van der Waals surface area contributed by atoms with Gasteiger partial charge in [-0.1, -0.05) is 19.8 Å². The van der Waals surface area contributed by atoms with Gasteiger partial charge in [-0.05, 0) is 44.7 Å². The molecule has 0 radical (unpaired) electrons. The van der Waals surface area contributed by atoms with E-state index in [1.165, 1.54) is 25.7 Å². The van der Waals surface area contributed by atoms with Crippen LogP contribution in [0.15, 0.2) is 4.99 Å². The molecule has 1 saturated carbocycles. The number of nitrogens with one attached hydrogen (secondary N) is 2. The highest BCUT2D eigenvalue weighted by Crippen LogP contribution is 2.34. The van der Waals surface area contributed by atoms with Crippen LogP contribution in [-0.2, 0) is 4.79 Å². The minimum Gasteiger partial charge on any atom is -0.317 e. The molecule has 1 amide bonds. The number of carbonyl (C=O) groups is 1. The van der Waals surface area contributed by atoms with Crippen molar-refractivity contribution in [3.05, 3.63) is 0 Å². The van der Waals surface area contributed by atoms with Crippen LogP contribution in [0.25, 0.3) is 0 Å². The van der Waals surface area contributed by atoms with Crippen molar-refractivity contribution in [2.45, 2.75) is 51.0 Å². The van der Waals surface area contributed by atoms with Crippen LogP contribution < -0.4 is 10.6 Å². The minimum atomic E-state index is -0.429. The molecule has 4 heteroatoms. The Hall–Kier alpha value is -0.900. The minimum absolute atomic E-state index is 0.150. The Morgan fingerprint density at radius 2 is 2.06 bits per heavy atom. The summed E-state index contributed by atoms with van der Waals surface area (Å²) in [5, 5.41) is 6.40. The van der Waals surface area contributed by atoms with E-state index >= 15 is 0 Å². The molecule has 2 N–H and O–H groups in total. The Labute approximate surface area is 109 Å². The molecule has 0 bridgehead atoms. The average Bonchev–Trinajstić information content (AvgIpc) is 2.68. The van der Waals surface area contributed by atoms with Crippen molar-refractivity contribution in [2.75, 3.05) is 13.1 Å². The molecule has 0 aromatic heterocycles. The molecule has 1 aliphatic carbocycles. The maximum absolute atomic E-state index is 12.2. The molecular weight excluding hydrogens is 226 g/mol. The van der Waals surface area contributed by atoms with Gasteiger partial charge in [0.2, 0.25) is 0 Å². The zero-order valence-electron chi connectivity index (χ0n) is 11.2. The van der Waals surface area contributed by atoms with E-state index in [-0.39, 0.29) is 5.91 Å². The zero-order valence-corrected chi connectivity index (χ0v) is 11.2. The van der Waals surface area contributed by atoms with Gasteiger partial charge in [-0.2, -0.15) is 0 Å². The van der Waals surface area contributed by atoms with Gasteiger partial charge in [0.1, 0.15) is 11.4 Å². The molecule has 4 nitrogen and oxygen atoms in total. The van der Waals surface area contributed by atoms with E-state index in [1.54, 1.807) is 0 Å². The topological polar surface area (TPSA) is 53.5 Å². The number of aliphatic imine (C=N–C) groups is 1. The lowest BCUT2D eigenvalue weighted by Crippen LogP contribution is -2.47. The molecule has 0 aromatic rings. The van der Waals surface area contributed by atoms with Gasteiger partial charge in [0, 0.05) is 5.92 Å². The molecule has 2 aliphatic heterocycles. The lowest BCUT2D eigenvalue weighted by Gasteiger charge is -2.28. The quantitative estimate of drug-likeness (QED) is 0.739. The number of hydrogen-bond donors (Lipinski definition) is 2. The van der Waals surface area contributed by atoms with Crippen molar-refractivity contribution in [1.82, 2.24) is 10.6 Å². The van der Waals surface area contributed by atoms with E-state index in [0.29, 0.717) is 5.92 Å². The van der Waals surface area contributed by atoms with E-state index in [4.69, 9.17) is 4.99 Å². The number of nitrogens with zero attached hydrogens (tertiary/aromatic N) is 1. The first-order valence-corrected chi connectivity index (χ1v) is 7.31. The maximum Gasteiger partial charge on any atom is 0.253 e. The second-order valence-electron chi connectivity index (χ2n) is 6.20. The summed E-state index contributed by atoms with van der Waals surface area (Å²) in [7, 11) is 0. The fraction of sp³-hybridized carbons (Fsp3) is 0.857. The Bertz CT molecular complexity index is 371. The highest BCUT2D eigenvalue weighted by atomic mass is 16.2. The van der Waals surface area contributed by atoms with Crippen LogP contribution in [-0.4, -0.2) is 30.4 Å². The van der Waals surface area contributed by atoms with E-state index in [2.05, 4.69) is 17.6 Å². The molecule has 2 fully saturated rings. The number of amidine groups is 1. The SMILES string of the molecule is CC1CCCC(C2=NC3(CCNCC3)C(=O)N2)C1. The first-order valence-electron chi connectivity index (χ1n) is 7.31. The van der Waals surface area contributed by atoms with Crippen LogP contribution in [0.1, 0.15) is 45.4 Å². The molecule has 100 valence electrons. The third-order valence-electron chi connectivity index (χ3n) is 4.75. The van der Waals surface area contributed by atoms with Gasteiger partial charge in [-0.3, -0.25) is 9.79 Å². The Kier molecular flexibility index (Phi) is 3.14. The van der Waals surface area contributed by atoms with Crippen LogP contribution in [0.3, 0.4) is 0 Å². The smallest absolute Gasteiger partial charge is 0.253 e. The third-order valence-corrected chi connectivity index (χ3v) is 4.75. The van der Waals surface area contributed by atoms with Crippen LogP contribution in [0.2, 0.25) is 0 Å². The van der Waals surface area contributed by atoms with Gasteiger partial charge in [0.25, 0.3) is 5.91 Å². The Morgan fingerprint density at radius 1 is 1.28 bits per heavy atom. The van der Waals surface area contributed by atoms with Gasteiger partial charge >= 0.3 is 0 Å². The molecule has 3 aliphatic rings. The van der Waals surface area contributed by atoms with Crippen molar-refractivity contribution >= 4 is 11.7 Å². The molecule has 2 atom stereocenters. The molecule has 2 heterocycles. The van der Waals surface area contributed by atoms with Crippen LogP contribution in [0, 0.1) is 11.8 Å². The summed E-state index contributed by atoms with van der Waals surface area (Å²) in [4.78, 5) is 17.1. The van der Waals surface area contributed by atoms with Crippen molar-refractivity contribution in [3.63, 3.8) is 0 Å². The molecular formula is C14H23N3O. The van der Waals surface area contributed by atoms with E-state index in [9.17, 15) is 4.79 Å². The predicted octanol–water partition coefficient (Wildman–Crippen LogP) is 1.46. The first-order chi connectivity index (χ1) is 8.70. The second-order valence-corrected chi connectivity index (χ2v) is 6.20. The summed E-state index contributed by atoms with van der Waals surface area (Å²) in [6.07, 6.45) is 6.68. The number of piperidine rings is 1. The van der Waals surface area contributed by atoms with Gasteiger partial charge in [-0.25, -0.2) is 0 Å². The van der Waals surface area contributed by atoms with Crippen LogP contribution in [0.5, 0.6) is 0 Å².